The van der Waals surface area contributed by atoms with Crippen LogP contribution >= 0.6 is 0 Å². The Morgan fingerprint density at radius 2 is 1.42 bits per heavy atom. The van der Waals surface area contributed by atoms with E-state index in [0.717, 1.165) is 0 Å². The Hall–Kier alpha value is -3.62. The summed E-state index contributed by atoms with van der Waals surface area (Å²) in [6, 6.07) is 8.91. The Morgan fingerprint density at radius 3 is 2.17 bits per heavy atom. The summed E-state index contributed by atoms with van der Waals surface area (Å²) in [6.07, 6.45) is 0. The maximum atomic E-state index is 12.4. The SMILES string of the molecule is O=c1[nH]c2c(c(=O)[nH]1)Nc1[nH]c(=O)[nH]c(=O)c1C2c1ccccc1. The van der Waals surface area contributed by atoms with Crippen LogP contribution < -0.4 is 27.8 Å². The molecule has 0 saturated carbocycles. The second-order valence-electron chi connectivity index (χ2n) is 5.36. The first-order valence-corrected chi connectivity index (χ1v) is 7.09. The fraction of sp³-hybridized carbons (Fsp3) is 0.0667. The average molecular weight is 325 g/mol. The normalized spacial score (nSPS) is 15.2. The molecule has 1 atom stereocenters. The van der Waals surface area contributed by atoms with Gasteiger partial charge in [0, 0.05) is 0 Å². The van der Waals surface area contributed by atoms with Crippen molar-refractivity contribution < 1.29 is 0 Å². The Kier molecular flexibility index (Phi) is 2.89. The van der Waals surface area contributed by atoms with E-state index in [-0.39, 0.29) is 22.8 Å². The first kappa shape index (κ1) is 14.0. The number of aromatic nitrogens is 4. The van der Waals surface area contributed by atoms with Gasteiger partial charge in [-0.3, -0.25) is 24.5 Å². The summed E-state index contributed by atoms with van der Waals surface area (Å²) in [5.74, 6) is -0.573. The first-order valence-electron chi connectivity index (χ1n) is 7.09. The molecule has 1 aliphatic rings. The van der Waals surface area contributed by atoms with E-state index in [0.29, 0.717) is 5.56 Å². The van der Waals surface area contributed by atoms with Crippen LogP contribution in [0.25, 0.3) is 0 Å². The maximum Gasteiger partial charge on any atom is 0.327 e. The van der Waals surface area contributed by atoms with Crippen molar-refractivity contribution in [3.8, 4) is 0 Å². The van der Waals surface area contributed by atoms with Crippen LogP contribution in [0.15, 0.2) is 49.5 Å². The quantitative estimate of drug-likeness (QED) is 0.326. The van der Waals surface area contributed by atoms with Crippen LogP contribution in [0, 0.1) is 0 Å². The molecule has 5 N–H and O–H groups in total. The second kappa shape index (κ2) is 4.95. The highest BCUT2D eigenvalue weighted by atomic mass is 16.2. The van der Waals surface area contributed by atoms with E-state index in [1.165, 1.54) is 0 Å². The van der Waals surface area contributed by atoms with E-state index < -0.39 is 28.4 Å². The summed E-state index contributed by atoms with van der Waals surface area (Å²) < 4.78 is 0. The lowest BCUT2D eigenvalue weighted by Crippen LogP contribution is -2.36. The van der Waals surface area contributed by atoms with Gasteiger partial charge in [0.05, 0.1) is 17.2 Å². The molecule has 120 valence electrons. The molecule has 9 nitrogen and oxygen atoms in total. The van der Waals surface area contributed by atoms with Crippen molar-refractivity contribution in [2.45, 2.75) is 5.92 Å². The minimum absolute atomic E-state index is 0.0807. The van der Waals surface area contributed by atoms with Crippen LogP contribution in [-0.2, 0) is 0 Å². The number of nitrogens with one attached hydrogen (secondary N) is 5. The zero-order valence-corrected chi connectivity index (χ0v) is 12.1. The fourth-order valence-corrected chi connectivity index (χ4v) is 2.96. The van der Waals surface area contributed by atoms with Crippen LogP contribution in [0.3, 0.4) is 0 Å². The van der Waals surface area contributed by atoms with E-state index in [9.17, 15) is 19.2 Å². The van der Waals surface area contributed by atoms with Crippen LogP contribution in [0.4, 0.5) is 11.5 Å². The molecule has 0 radical (unpaired) electrons. The molecule has 0 amide bonds. The average Bonchev–Trinajstić information content (AvgIpc) is 2.54. The van der Waals surface area contributed by atoms with Crippen molar-refractivity contribution in [1.29, 1.82) is 0 Å². The monoisotopic (exact) mass is 325 g/mol. The number of rotatable bonds is 1. The highest BCUT2D eigenvalue weighted by molar-refractivity contribution is 5.70. The molecule has 4 rings (SSSR count). The molecule has 3 aromatic rings. The molecule has 0 bridgehead atoms. The van der Waals surface area contributed by atoms with Crippen molar-refractivity contribution in [3.63, 3.8) is 0 Å². The molecule has 0 aliphatic carbocycles. The van der Waals surface area contributed by atoms with Crippen LogP contribution in [-0.4, -0.2) is 19.9 Å². The lowest BCUT2D eigenvalue weighted by Gasteiger charge is -2.26. The van der Waals surface area contributed by atoms with Crippen molar-refractivity contribution >= 4 is 11.5 Å². The van der Waals surface area contributed by atoms with Gasteiger partial charge in [-0.25, -0.2) is 9.59 Å². The third kappa shape index (κ3) is 2.02. The minimum Gasteiger partial charge on any atom is -0.335 e. The number of aromatic amines is 4. The van der Waals surface area contributed by atoms with Crippen LogP contribution in [0.2, 0.25) is 0 Å². The number of benzene rings is 1. The van der Waals surface area contributed by atoms with E-state index in [1.54, 1.807) is 24.3 Å². The number of H-pyrrole nitrogens is 4. The van der Waals surface area contributed by atoms with Gasteiger partial charge in [-0.2, -0.15) is 0 Å². The molecule has 0 saturated heterocycles. The van der Waals surface area contributed by atoms with E-state index in [1.807, 2.05) is 6.07 Å². The molecule has 3 heterocycles. The lowest BCUT2D eigenvalue weighted by atomic mass is 9.86. The van der Waals surface area contributed by atoms with Gasteiger partial charge in [0.2, 0.25) is 0 Å². The van der Waals surface area contributed by atoms with Crippen molar-refractivity contribution in [2.75, 3.05) is 5.32 Å². The Bertz CT molecular complexity index is 1170. The topological polar surface area (TPSA) is 143 Å². The third-order valence-corrected chi connectivity index (χ3v) is 3.91. The van der Waals surface area contributed by atoms with Gasteiger partial charge in [-0.15, -0.1) is 0 Å². The zero-order valence-electron chi connectivity index (χ0n) is 12.1. The minimum atomic E-state index is -0.701. The molecule has 2 aromatic heterocycles. The van der Waals surface area contributed by atoms with Gasteiger partial charge in [-0.1, -0.05) is 30.3 Å². The molecule has 0 fully saturated rings. The highest BCUT2D eigenvalue weighted by Gasteiger charge is 2.33. The molecule has 1 aromatic carbocycles. The molecule has 0 spiro atoms. The second-order valence-corrected chi connectivity index (χ2v) is 5.36. The largest absolute Gasteiger partial charge is 0.335 e. The van der Waals surface area contributed by atoms with Gasteiger partial charge in [0.15, 0.2) is 0 Å². The number of fused-ring (bicyclic) bond motifs is 2. The molecular weight excluding hydrogens is 314 g/mol. The van der Waals surface area contributed by atoms with E-state index >= 15 is 0 Å². The van der Waals surface area contributed by atoms with Crippen LogP contribution in [0.1, 0.15) is 22.7 Å². The highest BCUT2D eigenvalue weighted by Crippen LogP contribution is 2.38. The van der Waals surface area contributed by atoms with Crippen LogP contribution in [0.5, 0.6) is 0 Å². The predicted octanol–water partition coefficient (Wildman–Crippen LogP) is -0.323. The molecule has 24 heavy (non-hydrogen) atoms. The summed E-state index contributed by atoms with van der Waals surface area (Å²) in [4.78, 5) is 57.1. The first-order chi connectivity index (χ1) is 11.5. The summed E-state index contributed by atoms with van der Waals surface area (Å²) in [6.45, 7) is 0. The summed E-state index contributed by atoms with van der Waals surface area (Å²) in [5.41, 5.74) is -1.34. The van der Waals surface area contributed by atoms with Gasteiger partial charge in [0.1, 0.15) is 11.5 Å². The summed E-state index contributed by atoms with van der Waals surface area (Å²) in [5, 5.41) is 2.73. The fourth-order valence-electron chi connectivity index (χ4n) is 2.96. The summed E-state index contributed by atoms with van der Waals surface area (Å²) in [7, 11) is 0. The number of hydrogen-bond donors (Lipinski definition) is 5. The Balaban J connectivity index is 2.13. The van der Waals surface area contributed by atoms with E-state index in [2.05, 4.69) is 25.3 Å². The molecular formula is C15H11N5O4. The molecule has 1 aliphatic heterocycles. The smallest absolute Gasteiger partial charge is 0.327 e. The Morgan fingerprint density at radius 1 is 0.750 bits per heavy atom. The van der Waals surface area contributed by atoms with Crippen molar-refractivity contribution in [3.05, 3.63) is 88.8 Å². The molecule has 9 heteroatoms. The maximum absolute atomic E-state index is 12.4. The van der Waals surface area contributed by atoms with Crippen molar-refractivity contribution in [2.24, 2.45) is 0 Å². The van der Waals surface area contributed by atoms with E-state index in [4.69, 9.17) is 0 Å². The third-order valence-electron chi connectivity index (χ3n) is 3.91. The number of hydrogen-bond acceptors (Lipinski definition) is 5. The zero-order chi connectivity index (χ0) is 16.8. The Labute approximate surface area is 132 Å². The standard InChI is InChI=1S/C15H11N5O4/c21-12-8-7(6-4-2-1-3-5-6)9-10(13(22)20-14(23)17-9)16-11(8)18-15(24)19-12/h1-5,7H,(H2,17,20,22,23)(H3,16,18,19,21,24). The molecule has 1 unspecified atom stereocenters. The van der Waals surface area contributed by atoms with Gasteiger partial charge in [0.25, 0.3) is 11.1 Å². The van der Waals surface area contributed by atoms with Gasteiger partial charge < -0.3 is 10.3 Å². The van der Waals surface area contributed by atoms with Gasteiger partial charge >= 0.3 is 11.4 Å². The number of anilines is 2. The predicted molar refractivity (Wildman–Crippen MR) is 86.0 cm³/mol. The summed E-state index contributed by atoms with van der Waals surface area (Å²) >= 11 is 0. The van der Waals surface area contributed by atoms with Gasteiger partial charge in [-0.05, 0) is 5.56 Å². The lowest BCUT2D eigenvalue weighted by molar-refractivity contribution is 0.826. The van der Waals surface area contributed by atoms with Crippen molar-refractivity contribution in [1.82, 2.24) is 19.9 Å².